The maximum Gasteiger partial charge on any atom is 0.0579 e. The Morgan fingerprint density at radius 1 is 1.36 bits per heavy atom. The first-order chi connectivity index (χ1) is 5.33. The number of hydrogen-bond donors (Lipinski definition) is 1. The van der Waals surface area contributed by atoms with Crippen molar-refractivity contribution in [2.75, 3.05) is 6.54 Å². The van der Waals surface area contributed by atoms with E-state index >= 15 is 0 Å². The molecule has 2 unspecified atom stereocenters. The van der Waals surface area contributed by atoms with Gasteiger partial charge in [0.1, 0.15) is 0 Å². The third kappa shape index (κ3) is 3.21. The first kappa shape index (κ1) is 9.01. The third-order valence-electron chi connectivity index (χ3n) is 2.30. The molecule has 0 spiro atoms. The van der Waals surface area contributed by atoms with Crippen LogP contribution in [-0.2, 0) is 4.74 Å². The van der Waals surface area contributed by atoms with Crippen molar-refractivity contribution in [1.29, 1.82) is 0 Å². The molecule has 0 amide bonds. The van der Waals surface area contributed by atoms with Crippen LogP contribution in [0.4, 0.5) is 0 Å². The van der Waals surface area contributed by atoms with E-state index < -0.39 is 0 Å². The van der Waals surface area contributed by atoms with Gasteiger partial charge in [0.25, 0.3) is 0 Å². The summed E-state index contributed by atoms with van der Waals surface area (Å²) in [6, 6.07) is 0. The van der Waals surface area contributed by atoms with Gasteiger partial charge < -0.3 is 10.5 Å². The summed E-state index contributed by atoms with van der Waals surface area (Å²) in [5.41, 5.74) is 5.40. The van der Waals surface area contributed by atoms with E-state index in [0.29, 0.717) is 12.2 Å². The Balaban J connectivity index is 1.99. The van der Waals surface area contributed by atoms with Crippen LogP contribution in [0.3, 0.4) is 0 Å². The molecule has 0 aromatic heterocycles. The van der Waals surface area contributed by atoms with Gasteiger partial charge in [-0.15, -0.1) is 0 Å². The van der Waals surface area contributed by atoms with E-state index in [1.165, 1.54) is 25.7 Å². The van der Waals surface area contributed by atoms with Crippen LogP contribution in [0.5, 0.6) is 0 Å². The fourth-order valence-electron chi connectivity index (χ4n) is 1.61. The Morgan fingerprint density at radius 3 is 2.73 bits per heavy atom. The minimum Gasteiger partial charge on any atom is -0.375 e. The molecule has 1 saturated heterocycles. The normalized spacial score (nSPS) is 31.1. The van der Waals surface area contributed by atoms with E-state index in [9.17, 15) is 0 Å². The van der Waals surface area contributed by atoms with Crippen LogP contribution in [0.15, 0.2) is 0 Å². The number of ether oxygens (including phenoxy) is 1. The Kier molecular flexibility index (Phi) is 3.87. The van der Waals surface area contributed by atoms with Crippen LogP contribution >= 0.6 is 0 Å². The lowest BCUT2D eigenvalue weighted by atomic mass is 10.1. The Hall–Kier alpha value is -0.0800. The highest BCUT2D eigenvalue weighted by molar-refractivity contribution is 4.70. The third-order valence-corrected chi connectivity index (χ3v) is 2.30. The van der Waals surface area contributed by atoms with E-state index in [4.69, 9.17) is 10.5 Å². The molecule has 0 aromatic carbocycles. The summed E-state index contributed by atoms with van der Waals surface area (Å²) >= 11 is 0. The van der Waals surface area contributed by atoms with Crippen molar-refractivity contribution in [2.24, 2.45) is 5.73 Å². The molecule has 1 aliphatic rings. The highest BCUT2D eigenvalue weighted by Crippen LogP contribution is 2.22. The van der Waals surface area contributed by atoms with Crippen LogP contribution in [0, 0.1) is 0 Å². The monoisotopic (exact) mass is 157 g/mol. The summed E-state index contributed by atoms with van der Waals surface area (Å²) < 4.78 is 5.67. The molecule has 2 nitrogen and oxygen atoms in total. The molecule has 0 aromatic rings. The van der Waals surface area contributed by atoms with Gasteiger partial charge in [0.15, 0.2) is 0 Å². The molecule has 11 heavy (non-hydrogen) atoms. The summed E-state index contributed by atoms with van der Waals surface area (Å²) in [7, 11) is 0. The molecule has 1 aliphatic heterocycles. The van der Waals surface area contributed by atoms with Crippen molar-refractivity contribution in [1.82, 2.24) is 0 Å². The van der Waals surface area contributed by atoms with E-state index in [1.807, 2.05) is 0 Å². The van der Waals surface area contributed by atoms with E-state index in [-0.39, 0.29) is 0 Å². The smallest absolute Gasteiger partial charge is 0.0579 e. The van der Waals surface area contributed by atoms with Gasteiger partial charge in [0.2, 0.25) is 0 Å². The molecule has 66 valence electrons. The first-order valence-corrected chi connectivity index (χ1v) is 4.68. The lowest BCUT2D eigenvalue weighted by Crippen LogP contribution is -2.08. The molecule has 0 aliphatic carbocycles. The van der Waals surface area contributed by atoms with Crippen molar-refractivity contribution in [2.45, 2.75) is 51.2 Å². The average molecular weight is 157 g/mol. The maximum absolute atomic E-state index is 5.67. The minimum atomic E-state index is 0.498. The molecule has 1 rings (SSSR count). The van der Waals surface area contributed by atoms with E-state index in [1.54, 1.807) is 0 Å². The van der Waals surface area contributed by atoms with Gasteiger partial charge in [-0.25, -0.2) is 0 Å². The Morgan fingerprint density at radius 2 is 2.18 bits per heavy atom. The van der Waals surface area contributed by atoms with Gasteiger partial charge in [-0.2, -0.15) is 0 Å². The highest BCUT2D eigenvalue weighted by Gasteiger charge is 2.20. The van der Waals surface area contributed by atoms with Gasteiger partial charge in [0, 0.05) is 0 Å². The summed E-state index contributed by atoms with van der Waals surface area (Å²) in [5, 5.41) is 0. The Bertz CT molecular complexity index is 106. The Labute approximate surface area is 69.1 Å². The summed E-state index contributed by atoms with van der Waals surface area (Å²) in [4.78, 5) is 0. The summed E-state index contributed by atoms with van der Waals surface area (Å²) in [5.74, 6) is 0. The number of unbranched alkanes of at least 4 members (excludes halogenated alkanes) is 1. The highest BCUT2D eigenvalue weighted by atomic mass is 16.5. The quantitative estimate of drug-likeness (QED) is 0.630. The molecular formula is C9H19NO. The van der Waals surface area contributed by atoms with Gasteiger partial charge in [-0.3, -0.25) is 0 Å². The summed E-state index contributed by atoms with van der Waals surface area (Å²) in [6.07, 6.45) is 7.12. The van der Waals surface area contributed by atoms with Crippen LogP contribution in [0.2, 0.25) is 0 Å². The molecule has 1 heterocycles. The first-order valence-electron chi connectivity index (χ1n) is 4.68. The molecule has 0 bridgehead atoms. The molecule has 0 saturated carbocycles. The fourth-order valence-corrected chi connectivity index (χ4v) is 1.61. The van der Waals surface area contributed by atoms with Crippen molar-refractivity contribution in [3.05, 3.63) is 0 Å². The summed E-state index contributed by atoms with van der Waals surface area (Å²) in [6.45, 7) is 2.98. The standard InChI is InChI=1S/C9H19NO/c1-8-5-6-9(11-8)4-2-3-7-10/h8-9H,2-7,10H2,1H3. The lowest BCUT2D eigenvalue weighted by Gasteiger charge is -2.09. The van der Waals surface area contributed by atoms with Crippen molar-refractivity contribution in [3.8, 4) is 0 Å². The maximum atomic E-state index is 5.67. The largest absolute Gasteiger partial charge is 0.375 e. The zero-order valence-corrected chi connectivity index (χ0v) is 7.38. The van der Waals surface area contributed by atoms with Gasteiger partial charge in [0.05, 0.1) is 12.2 Å². The van der Waals surface area contributed by atoms with Crippen molar-refractivity contribution in [3.63, 3.8) is 0 Å². The van der Waals surface area contributed by atoms with Gasteiger partial charge in [-0.1, -0.05) is 0 Å². The molecule has 2 heteroatoms. The van der Waals surface area contributed by atoms with Gasteiger partial charge in [-0.05, 0) is 45.6 Å². The number of rotatable bonds is 4. The van der Waals surface area contributed by atoms with Crippen molar-refractivity contribution >= 4 is 0 Å². The van der Waals surface area contributed by atoms with Crippen LogP contribution in [0.25, 0.3) is 0 Å². The van der Waals surface area contributed by atoms with Crippen LogP contribution in [0.1, 0.15) is 39.0 Å². The zero-order chi connectivity index (χ0) is 8.10. The van der Waals surface area contributed by atoms with Gasteiger partial charge >= 0.3 is 0 Å². The number of hydrogen-bond acceptors (Lipinski definition) is 2. The predicted octanol–water partition coefficient (Wildman–Crippen LogP) is 1.68. The van der Waals surface area contributed by atoms with E-state index in [2.05, 4.69) is 6.92 Å². The topological polar surface area (TPSA) is 35.2 Å². The SMILES string of the molecule is CC1CCC(CCCCN)O1. The molecular weight excluding hydrogens is 138 g/mol. The lowest BCUT2D eigenvalue weighted by molar-refractivity contribution is 0.0496. The zero-order valence-electron chi connectivity index (χ0n) is 7.38. The van der Waals surface area contributed by atoms with Crippen molar-refractivity contribution < 1.29 is 4.74 Å². The molecule has 1 fully saturated rings. The second-order valence-corrected chi connectivity index (χ2v) is 3.43. The predicted molar refractivity (Wildman–Crippen MR) is 46.5 cm³/mol. The molecule has 2 N–H and O–H groups in total. The van der Waals surface area contributed by atoms with Crippen LogP contribution < -0.4 is 5.73 Å². The molecule has 2 atom stereocenters. The minimum absolute atomic E-state index is 0.498. The second-order valence-electron chi connectivity index (χ2n) is 3.43. The fraction of sp³-hybridized carbons (Fsp3) is 1.00. The van der Waals surface area contributed by atoms with Crippen LogP contribution in [-0.4, -0.2) is 18.8 Å². The van der Waals surface area contributed by atoms with E-state index in [0.717, 1.165) is 13.0 Å². The number of nitrogens with two attached hydrogens (primary N) is 1. The second kappa shape index (κ2) is 4.73. The molecule has 0 radical (unpaired) electrons. The average Bonchev–Trinajstić information content (AvgIpc) is 2.37.